The minimum absolute atomic E-state index is 0.290. The van der Waals surface area contributed by atoms with Crippen molar-refractivity contribution in [1.82, 2.24) is 10.3 Å². The van der Waals surface area contributed by atoms with Crippen LogP contribution in [0.1, 0.15) is 35.9 Å². The number of hydrogen-bond donors (Lipinski definition) is 2. The quantitative estimate of drug-likeness (QED) is 0.424. The van der Waals surface area contributed by atoms with E-state index in [9.17, 15) is 4.79 Å². The summed E-state index contributed by atoms with van der Waals surface area (Å²) in [5, 5.41) is 0. The molecule has 2 rings (SSSR count). The lowest BCUT2D eigenvalue weighted by Gasteiger charge is -2.28. The van der Waals surface area contributed by atoms with E-state index in [4.69, 9.17) is 15.0 Å². The standard InChI is InChI=1S/C14H23N3O3/c1-10(11-3-4-11)17(6-8-19-2)9-12-5-7-20-13(12)14(18)16-15/h5,7,10-11H,3-4,6,8-9,15H2,1-2H3,(H,16,18). The summed E-state index contributed by atoms with van der Waals surface area (Å²) in [6.45, 7) is 4.41. The van der Waals surface area contributed by atoms with Crippen molar-refractivity contribution in [3.05, 3.63) is 23.7 Å². The summed E-state index contributed by atoms with van der Waals surface area (Å²) in [4.78, 5) is 14.0. The Labute approximate surface area is 119 Å². The number of carbonyl (C=O) groups is 1. The second-order valence-corrected chi connectivity index (χ2v) is 5.29. The number of nitrogens with zero attached hydrogens (tertiary/aromatic N) is 1. The second kappa shape index (κ2) is 6.88. The van der Waals surface area contributed by atoms with E-state index in [-0.39, 0.29) is 5.76 Å². The van der Waals surface area contributed by atoms with Crippen molar-refractivity contribution < 1.29 is 13.9 Å². The third kappa shape index (κ3) is 3.59. The maximum absolute atomic E-state index is 11.6. The van der Waals surface area contributed by atoms with Gasteiger partial charge in [-0.25, -0.2) is 5.84 Å². The highest BCUT2D eigenvalue weighted by Crippen LogP contribution is 2.35. The van der Waals surface area contributed by atoms with Crippen molar-refractivity contribution >= 4 is 5.91 Å². The summed E-state index contributed by atoms with van der Waals surface area (Å²) in [6.07, 6.45) is 4.09. The van der Waals surface area contributed by atoms with Gasteiger partial charge in [0.05, 0.1) is 12.9 Å². The van der Waals surface area contributed by atoms with Crippen LogP contribution in [0.15, 0.2) is 16.7 Å². The molecule has 1 amide bonds. The highest BCUT2D eigenvalue weighted by Gasteiger charge is 2.32. The third-order valence-electron chi connectivity index (χ3n) is 3.92. The molecule has 0 bridgehead atoms. The Bertz CT molecular complexity index is 443. The molecule has 20 heavy (non-hydrogen) atoms. The lowest BCUT2D eigenvalue weighted by atomic mass is 10.1. The minimum Gasteiger partial charge on any atom is -0.459 e. The monoisotopic (exact) mass is 281 g/mol. The summed E-state index contributed by atoms with van der Waals surface area (Å²) in [6, 6.07) is 2.30. The zero-order chi connectivity index (χ0) is 14.5. The van der Waals surface area contributed by atoms with Crippen molar-refractivity contribution in [2.45, 2.75) is 32.4 Å². The first-order chi connectivity index (χ1) is 9.67. The summed E-state index contributed by atoms with van der Waals surface area (Å²) < 4.78 is 10.4. The predicted molar refractivity (Wildman–Crippen MR) is 74.8 cm³/mol. The molecule has 1 aromatic heterocycles. The van der Waals surface area contributed by atoms with Crippen LogP contribution in [-0.2, 0) is 11.3 Å². The van der Waals surface area contributed by atoms with Crippen molar-refractivity contribution in [2.24, 2.45) is 11.8 Å². The van der Waals surface area contributed by atoms with Crippen LogP contribution in [-0.4, -0.2) is 37.1 Å². The summed E-state index contributed by atoms with van der Waals surface area (Å²) >= 11 is 0. The number of furan rings is 1. The number of rotatable bonds is 8. The molecule has 0 radical (unpaired) electrons. The molecule has 3 N–H and O–H groups in total. The van der Waals surface area contributed by atoms with Crippen molar-refractivity contribution in [3.63, 3.8) is 0 Å². The van der Waals surface area contributed by atoms with Crippen LogP contribution in [0.3, 0.4) is 0 Å². The van der Waals surface area contributed by atoms with Gasteiger partial charge in [0.25, 0.3) is 0 Å². The molecule has 6 heteroatoms. The van der Waals surface area contributed by atoms with Crippen LogP contribution in [0.4, 0.5) is 0 Å². The fourth-order valence-corrected chi connectivity index (χ4v) is 2.46. The molecule has 112 valence electrons. The van der Waals surface area contributed by atoms with Gasteiger partial charge in [-0.1, -0.05) is 0 Å². The van der Waals surface area contributed by atoms with E-state index in [0.717, 1.165) is 18.0 Å². The van der Waals surface area contributed by atoms with Crippen LogP contribution in [0.25, 0.3) is 0 Å². The van der Waals surface area contributed by atoms with Gasteiger partial charge in [0.1, 0.15) is 0 Å². The van der Waals surface area contributed by atoms with Gasteiger partial charge >= 0.3 is 5.91 Å². The van der Waals surface area contributed by atoms with Gasteiger partial charge < -0.3 is 9.15 Å². The number of ether oxygens (including phenoxy) is 1. The predicted octanol–water partition coefficient (Wildman–Crippen LogP) is 1.13. The van der Waals surface area contributed by atoms with E-state index < -0.39 is 5.91 Å². The minimum atomic E-state index is -0.393. The second-order valence-electron chi connectivity index (χ2n) is 5.29. The third-order valence-corrected chi connectivity index (χ3v) is 3.92. The molecule has 1 aliphatic carbocycles. The molecule has 1 fully saturated rings. The van der Waals surface area contributed by atoms with Gasteiger partial charge in [-0.2, -0.15) is 0 Å². The van der Waals surface area contributed by atoms with Crippen molar-refractivity contribution in [3.8, 4) is 0 Å². The van der Waals surface area contributed by atoms with Crippen LogP contribution in [0.5, 0.6) is 0 Å². The van der Waals surface area contributed by atoms with Gasteiger partial charge in [0.15, 0.2) is 5.76 Å². The first-order valence-electron chi connectivity index (χ1n) is 6.97. The number of nitrogens with one attached hydrogen (secondary N) is 1. The molecule has 1 aliphatic rings. The number of amides is 1. The van der Waals surface area contributed by atoms with E-state index in [1.165, 1.54) is 19.1 Å². The van der Waals surface area contributed by atoms with Crippen molar-refractivity contribution in [1.29, 1.82) is 0 Å². The number of hydrogen-bond acceptors (Lipinski definition) is 5. The number of carbonyl (C=O) groups excluding carboxylic acids is 1. The lowest BCUT2D eigenvalue weighted by molar-refractivity contribution is 0.0915. The Kier molecular flexibility index (Phi) is 5.17. The molecular weight excluding hydrogens is 258 g/mol. The lowest BCUT2D eigenvalue weighted by Crippen LogP contribution is -2.37. The van der Waals surface area contributed by atoms with E-state index in [2.05, 4.69) is 17.2 Å². The number of nitrogens with two attached hydrogens (primary N) is 1. The number of hydrazine groups is 1. The Balaban J connectivity index is 2.06. The average Bonchev–Trinajstić information content (AvgIpc) is 3.21. The molecule has 1 unspecified atom stereocenters. The number of nitrogen functional groups attached to an aromatic ring is 1. The SMILES string of the molecule is COCCN(Cc1ccoc1C(=O)NN)C(C)C1CC1. The van der Waals surface area contributed by atoms with Gasteiger partial charge in [0.2, 0.25) is 0 Å². The highest BCUT2D eigenvalue weighted by molar-refractivity contribution is 5.92. The van der Waals surface area contributed by atoms with Gasteiger partial charge in [-0.15, -0.1) is 0 Å². The molecule has 1 saturated carbocycles. The smallest absolute Gasteiger partial charge is 0.301 e. The molecule has 0 saturated heterocycles. The first kappa shape index (κ1) is 15.0. The van der Waals surface area contributed by atoms with Gasteiger partial charge in [-0.05, 0) is 31.7 Å². The Morgan fingerprint density at radius 2 is 2.40 bits per heavy atom. The van der Waals surface area contributed by atoms with E-state index in [0.29, 0.717) is 19.2 Å². The molecule has 0 aromatic carbocycles. The van der Waals surface area contributed by atoms with E-state index in [1.54, 1.807) is 7.11 Å². The maximum Gasteiger partial charge on any atom is 0.301 e. The fourth-order valence-electron chi connectivity index (χ4n) is 2.46. The highest BCUT2D eigenvalue weighted by atomic mass is 16.5. The Morgan fingerprint density at radius 3 is 3.00 bits per heavy atom. The van der Waals surface area contributed by atoms with E-state index >= 15 is 0 Å². The van der Waals surface area contributed by atoms with Crippen LogP contribution >= 0.6 is 0 Å². The zero-order valence-electron chi connectivity index (χ0n) is 12.1. The Hall–Kier alpha value is -1.37. The first-order valence-corrected chi connectivity index (χ1v) is 6.97. The Morgan fingerprint density at radius 1 is 1.65 bits per heavy atom. The van der Waals surface area contributed by atoms with Crippen LogP contribution in [0, 0.1) is 5.92 Å². The summed E-state index contributed by atoms with van der Waals surface area (Å²) in [7, 11) is 1.70. The molecule has 1 aromatic rings. The van der Waals surface area contributed by atoms with Gasteiger partial charge in [0, 0.05) is 31.8 Å². The molecule has 1 atom stereocenters. The molecule has 1 heterocycles. The zero-order valence-corrected chi connectivity index (χ0v) is 12.1. The molecule has 6 nitrogen and oxygen atoms in total. The normalized spacial score (nSPS) is 16.4. The topological polar surface area (TPSA) is 80.7 Å². The molecular formula is C14H23N3O3. The van der Waals surface area contributed by atoms with E-state index in [1.807, 2.05) is 6.07 Å². The summed E-state index contributed by atoms with van der Waals surface area (Å²) in [5.41, 5.74) is 2.97. The average molecular weight is 281 g/mol. The largest absolute Gasteiger partial charge is 0.459 e. The van der Waals surface area contributed by atoms with Gasteiger partial charge in [-0.3, -0.25) is 15.1 Å². The number of methoxy groups -OCH3 is 1. The van der Waals surface area contributed by atoms with Crippen molar-refractivity contribution in [2.75, 3.05) is 20.3 Å². The maximum atomic E-state index is 11.6. The fraction of sp³-hybridized carbons (Fsp3) is 0.643. The summed E-state index contributed by atoms with van der Waals surface area (Å²) in [5.74, 6) is 5.82. The molecule has 0 spiro atoms. The molecule has 0 aliphatic heterocycles. The van der Waals surface area contributed by atoms with Crippen LogP contribution in [0.2, 0.25) is 0 Å². The van der Waals surface area contributed by atoms with Crippen LogP contribution < -0.4 is 11.3 Å².